The van der Waals surface area contributed by atoms with Crippen LogP contribution in [0, 0.1) is 17.2 Å². The van der Waals surface area contributed by atoms with E-state index in [-0.39, 0.29) is 5.84 Å². The Labute approximate surface area is 86.5 Å². The molecule has 1 aliphatic rings. The molecule has 3 atom stereocenters. The van der Waals surface area contributed by atoms with Crippen LogP contribution in [0.5, 0.6) is 0 Å². The number of nitrogens with two attached hydrogens (primary N) is 1. The molecule has 0 radical (unpaired) electrons. The zero-order valence-electron chi connectivity index (χ0n) is 9.25. The molecule has 0 aromatic rings. The number of rotatable bonds is 4. The van der Waals surface area contributed by atoms with Crippen molar-refractivity contribution in [1.82, 2.24) is 0 Å². The lowest BCUT2D eigenvalue weighted by Gasteiger charge is -2.31. The van der Waals surface area contributed by atoms with Crippen molar-refractivity contribution in [3.8, 4) is 0 Å². The van der Waals surface area contributed by atoms with Crippen LogP contribution in [0.1, 0.15) is 39.5 Å². The summed E-state index contributed by atoms with van der Waals surface area (Å²) in [7, 11) is 0. The molecular weight excluding hydrogens is 176 g/mol. The summed E-state index contributed by atoms with van der Waals surface area (Å²) >= 11 is 0. The first kappa shape index (κ1) is 11.5. The lowest BCUT2D eigenvalue weighted by Crippen LogP contribution is -2.27. The third kappa shape index (κ3) is 3.66. The maximum Gasteiger partial charge on any atom is 0.0928 e. The molecule has 1 fully saturated rings. The molecular formula is C11H22N2O. The average molecular weight is 198 g/mol. The highest BCUT2D eigenvalue weighted by Crippen LogP contribution is 2.30. The van der Waals surface area contributed by atoms with Crippen LogP contribution in [0.25, 0.3) is 0 Å². The normalized spacial score (nSPS) is 32.9. The van der Waals surface area contributed by atoms with E-state index in [0.29, 0.717) is 19.1 Å². The quantitative estimate of drug-likeness (QED) is 0.537. The standard InChI is InChI=1S/C11H22N2O/c1-8-3-4-10(7-9(8)2)14-6-5-11(12)13/h8-10H,3-7H2,1-2H3,(H3,12,13). The second kappa shape index (κ2) is 5.35. The summed E-state index contributed by atoms with van der Waals surface area (Å²) in [5.74, 6) is 1.83. The van der Waals surface area contributed by atoms with Crippen molar-refractivity contribution in [3.63, 3.8) is 0 Å². The Bertz CT molecular complexity index is 194. The van der Waals surface area contributed by atoms with E-state index in [1.807, 2.05) is 0 Å². The van der Waals surface area contributed by atoms with Crippen molar-refractivity contribution in [3.05, 3.63) is 0 Å². The van der Waals surface area contributed by atoms with Crippen LogP contribution in [0.2, 0.25) is 0 Å². The molecule has 3 N–H and O–H groups in total. The summed E-state index contributed by atoms with van der Waals surface area (Å²) in [5, 5.41) is 7.08. The molecule has 0 amide bonds. The van der Waals surface area contributed by atoms with E-state index in [1.165, 1.54) is 19.3 Å². The van der Waals surface area contributed by atoms with Gasteiger partial charge in [0.2, 0.25) is 0 Å². The third-order valence-corrected chi connectivity index (χ3v) is 3.28. The first-order chi connectivity index (χ1) is 6.59. The van der Waals surface area contributed by atoms with Crippen molar-refractivity contribution in [2.24, 2.45) is 17.6 Å². The van der Waals surface area contributed by atoms with E-state index in [1.54, 1.807) is 0 Å². The minimum Gasteiger partial charge on any atom is -0.388 e. The predicted octanol–water partition coefficient (Wildman–Crippen LogP) is 2.15. The van der Waals surface area contributed by atoms with Crippen LogP contribution in [-0.4, -0.2) is 18.5 Å². The maximum absolute atomic E-state index is 7.08. The van der Waals surface area contributed by atoms with Gasteiger partial charge in [-0.3, -0.25) is 5.41 Å². The SMILES string of the molecule is CC1CCC(OCCC(=N)N)CC1C. The molecule has 0 saturated heterocycles. The van der Waals surface area contributed by atoms with E-state index >= 15 is 0 Å². The van der Waals surface area contributed by atoms with Crippen molar-refractivity contribution >= 4 is 5.84 Å². The molecule has 0 bridgehead atoms. The van der Waals surface area contributed by atoms with Crippen LogP contribution >= 0.6 is 0 Å². The molecule has 82 valence electrons. The van der Waals surface area contributed by atoms with E-state index in [4.69, 9.17) is 15.9 Å². The largest absolute Gasteiger partial charge is 0.388 e. The highest BCUT2D eigenvalue weighted by molar-refractivity contribution is 5.76. The first-order valence-corrected chi connectivity index (χ1v) is 5.54. The molecule has 1 saturated carbocycles. The van der Waals surface area contributed by atoms with E-state index < -0.39 is 0 Å². The maximum atomic E-state index is 7.08. The second-order valence-electron chi connectivity index (χ2n) is 4.54. The Balaban J connectivity index is 2.16. The number of ether oxygens (including phenoxy) is 1. The summed E-state index contributed by atoms with van der Waals surface area (Å²) < 4.78 is 5.69. The minimum absolute atomic E-state index is 0.224. The monoisotopic (exact) mass is 198 g/mol. The number of hydrogen-bond donors (Lipinski definition) is 2. The third-order valence-electron chi connectivity index (χ3n) is 3.28. The molecule has 0 aromatic carbocycles. The van der Waals surface area contributed by atoms with E-state index in [9.17, 15) is 0 Å². The molecule has 3 heteroatoms. The van der Waals surface area contributed by atoms with Crippen LogP contribution in [0.15, 0.2) is 0 Å². The van der Waals surface area contributed by atoms with Gasteiger partial charge in [0.05, 0.1) is 18.5 Å². The lowest BCUT2D eigenvalue weighted by molar-refractivity contribution is 0.00602. The topological polar surface area (TPSA) is 59.1 Å². The Morgan fingerprint density at radius 1 is 1.36 bits per heavy atom. The lowest BCUT2D eigenvalue weighted by atomic mass is 9.80. The summed E-state index contributed by atoms with van der Waals surface area (Å²) in [6.45, 7) is 5.22. The first-order valence-electron chi connectivity index (χ1n) is 5.54. The molecule has 1 rings (SSSR count). The molecule has 0 spiro atoms. The smallest absolute Gasteiger partial charge is 0.0928 e. The average Bonchev–Trinajstić information content (AvgIpc) is 2.10. The van der Waals surface area contributed by atoms with Gasteiger partial charge in [-0.2, -0.15) is 0 Å². The fourth-order valence-electron chi connectivity index (χ4n) is 1.99. The molecule has 1 aliphatic carbocycles. The van der Waals surface area contributed by atoms with Gasteiger partial charge in [-0.15, -0.1) is 0 Å². The Morgan fingerprint density at radius 3 is 2.64 bits per heavy atom. The van der Waals surface area contributed by atoms with Crippen LogP contribution in [0.4, 0.5) is 0 Å². The van der Waals surface area contributed by atoms with Crippen LogP contribution in [0.3, 0.4) is 0 Å². The molecule has 0 heterocycles. The number of amidine groups is 1. The zero-order chi connectivity index (χ0) is 10.6. The fraction of sp³-hybridized carbons (Fsp3) is 0.909. The van der Waals surface area contributed by atoms with Gasteiger partial charge in [-0.1, -0.05) is 13.8 Å². The summed E-state index contributed by atoms with van der Waals surface area (Å²) in [4.78, 5) is 0. The van der Waals surface area contributed by atoms with Gasteiger partial charge < -0.3 is 10.5 Å². The van der Waals surface area contributed by atoms with Crippen molar-refractivity contribution < 1.29 is 4.74 Å². The van der Waals surface area contributed by atoms with Gasteiger partial charge in [-0.25, -0.2) is 0 Å². The fourth-order valence-corrected chi connectivity index (χ4v) is 1.99. The molecule has 3 nitrogen and oxygen atoms in total. The van der Waals surface area contributed by atoms with E-state index in [2.05, 4.69) is 13.8 Å². The highest BCUT2D eigenvalue weighted by atomic mass is 16.5. The van der Waals surface area contributed by atoms with Crippen LogP contribution in [-0.2, 0) is 4.74 Å². The van der Waals surface area contributed by atoms with Crippen molar-refractivity contribution in [2.45, 2.75) is 45.6 Å². The van der Waals surface area contributed by atoms with E-state index in [0.717, 1.165) is 11.8 Å². The second-order valence-corrected chi connectivity index (χ2v) is 4.54. The molecule has 0 aromatic heterocycles. The number of hydrogen-bond acceptors (Lipinski definition) is 2. The van der Waals surface area contributed by atoms with Gasteiger partial charge in [-0.05, 0) is 31.1 Å². The van der Waals surface area contributed by atoms with Gasteiger partial charge >= 0.3 is 0 Å². The Morgan fingerprint density at radius 2 is 2.07 bits per heavy atom. The Kier molecular flexibility index (Phi) is 4.39. The molecule has 0 aliphatic heterocycles. The molecule has 3 unspecified atom stereocenters. The summed E-state index contributed by atoms with van der Waals surface area (Å²) in [6, 6.07) is 0. The van der Waals surface area contributed by atoms with Crippen molar-refractivity contribution in [2.75, 3.05) is 6.61 Å². The highest BCUT2D eigenvalue weighted by Gasteiger charge is 2.24. The van der Waals surface area contributed by atoms with Gasteiger partial charge in [0, 0.05) is 6.42 Å². The Hall–Kier alpha value is -0.570. The van der Waals surface area contributed by atoms with Gasteiger partial charge in [0.1, 0.15) is 0 Å². The predicted molar refractivity (Wildman–Crippen MR) is 58.5 cm³/mol. The minimum atomic E-state index is 0.224. The van der Waals surface area contributed by atoms with Crippen LogP contribution < -0.4 is 5.73 Å². The molecule has 14 heavy (non-hydrogen) atoms. The summed E-state index contributed by atoms with van der Waals surface area (Å²) in [6.07, 6.45) is 4.58. The summed E-state index contributed by atoms with van der Waals surface area (Å²) in [5.41, 5.74) is 5.26. The number of nitrogens with one attached hydrogen (secondary N) is 1. The zero-order valence-corrected chi connectivity index (χ0v) is 9.25. The van der Waals surface area contributed by atoms with Gasteiger partial charge in [0.25, 0.3) is 0 Å². The van der Waals surface area contributed by atoms with Gasteiger partial charge in [0.15, 0.2) is 0 Å². The van der Waals surface area contributed by atoms with Crippen molar-refractivity contribution in [1.29, 1.82) is 5.41 Å².